The topological polar surface area (TPSA) is 94.0 Å². The molecule has 0 spiro atoms. The zero-order valence-corrected chi connectivity index (χ0v) is 12.4. The number of hydrogen-bond donors (Lipinski definition) is 2. The second-order valence-corrected chi connectivity index (χ2v) is 5.62. The molecule has 1 aromatic heterocycles. The first kappa shape index (κ1) is 14.7. The van der Waals surface area contributed by atoms with Crippen molar-refractivity contribution >= 4 is 5.91 Å². The van der Waals surface area contributed by atoms with E-state index in [1.165, 1.54) is 5.56 Å². The van der Waals surface area contributed by atoms with Gasteiger partial charge < -0.3 is 15.6 Å². The smallest absolute Gasteiger partial charge is 0.244 e. The molecule has 0 bridgehead atoms. The van der Waals surface area contributed by atoms with Crippen molar-refractivity contribution in [3.05, 3.63) is 47.6 Å². The Kier molecular flexibility index (Phi) is 4.48. The minimum atomic E-state index is -0.321. The Morgan fingerprint density at radius 1 is 1.32 bits per heavy atom. The third kappa shape index (κ3) is 3.33. The van der Waals surface area contributed by atoms with Crippen molar-refractivity contribution in [1.29, 1.82) is 0 Å². The van der Waals surface area contributed by atoms with Gasteiger partial charge in [0.05, 0.1) is 12.0 Å². The maximum atomic E-state index is 11.4. The third-order valence-corrected chi connectivity index (χ3v) is 4.05. The van der Waals surface area contributed by atoms with Crippen LogP contribution in [0.25, 0.3) is 0 Å². The fourth-order valence-electron chi connectivity index (χ4n) is 2.86. The molecule has 2 heterocycles. The van der Waals surface area contributed by atoms with Crippen molar-refractivity contribution in [3.63, 3.8) is 0 Å². The lowest BCUT2D eigenvalue weighted by molar-refractivity contribution is -0.122. The Balaban J connectivity index is 1.56. The van der Waals surface area contributed by atoms with Crippen LogP contribution in [0.2, 0.25) is 0 Å². The van der Waals surface area contributed by atoms with Crippen LogP contribution in [-0.2, 0) is 17.6 Å². The molecule has 6 nitrogen and oxygen atoms in total. The van der Waals surface area contributed by atoms with E-state index >= 15 is 0 Å². The maximum absolute atomic E-state index is 11.4. The van der Waals surface area contributed by atoms with Crippen LogP contribution in [0.1, 0.15) is 36.2 Å². The molecule has 0 saturated carbocycles. The number of amides is 1. The fraction of sp³-hybridized carbons (Fsp3) is 0.438. The van der Waals surface area contributed by atoms with E-state index in [1.54, 1.807) is 0 Å². The van der Waals surface area contributed by atoms with Crippen molar-refractivity contribution < 1.29 is 9.32 Å². The second kappa shape index (κ2) is 6.70. The van der Waals surface area contributed by atoms with Gasteiger partial charge in [0.2, 0.25) is 11.8 Å². The van der Waals surface area contributed by atoms with Gasteiger partial charge in [0.25, 0.3) is 0 Å². The average molecular weight is 300 g/mol. The van der Waals surface area contributed by atoms with Crippen LogP contribution in [0, 0.1) is 5.92 Å². The summed E-state index contributed by atoms with van der Waals surface area (Å²) in [4.78, 5) is 15.8. The quantitative estimate of drug-likeness (QED) is 0.840. The van der Waals surface area contributed by atoms with Crippen molar-refractivity contribution in [3.8, 4) is 0 Å². The molecule has 0 aliphatic carbocycles. The summed E-state index contributed by atoms with van der Waals surface area (Å²) in [5.74, 6) is 0.565. The minimum absolute atomic E-state index is 0.243. The lowest BCUT2D eigenvalue weighted by Crippen LogP contribution is -2.29. The largest absolute Gasteiger partial charge is 0.369 e. The fourth-order valence-corrected chi connectivity index (χ4v) is 2.86. The molecule has 1 aliphatic rings. The Bertz CT molecular complexity index is 626. The average Bonchev–Trinajstić information content (AvgIpc) is 3.17. The van der Waals surface area contributed by atoms with Gasteiger partial charge in [-0.25, -0.2) is 0 Å². The molecule has 2 aromatic rings. The number of nitrogens with two attached hydrogens (primary N) is 1. The minimum Gasteiger partial charge on any atom is -0.369 e. The first-order chi connectivity index (χ1) is 10.7. The zero-order valence-electron chi connectivity index (χ0n) is 12.4. The van der Waals surface area contributed by atoms with E-state index in [0.29, 0.717) is 18.1 Å². The molecular formula is C16H20N4O2. The van der Waals surface area contributed by atoms with Gasteiger partial charge in [-0.3, -0.25) is 4.79 Å². The zero-order chi connectivity index (χ0) is 15.4. The van der Waals surface area contributed by atoms with Gasteiger partial charge in [-0.05, 0) is 31.4 Å². The number of carbonyl (C=O) groups excluding carboxylic acids is 1. The molecule has 3 N–H and O–H groups in total. The molecule has 1 amide bonds. The van der Waals surface area contributed by atoms with E-state index < -0.39 is 0 Å². The lowest BCUT2D eigenvalue weighted by Gasteiger charge is -2.11. The first-order valence-electron chi connectivity index (χ1n) is 7.63. The van der Waals surface area contributed by atoms with Gasteiger partial charge in [0.1, 0.15) is 0 Å². The van der Waals surface area contributed by atoms with Crippen molar-refractivity contribution in [2.45, 2.75) is 31.7 Å². The number of nitrogens with one attached hydrogen (secondary N) is 1. The van der Waals surface area contributed by atoms with Gasteiger partial charge in [0.15, 0.2) is 5.82 Å². The van der Waals surface area contributed by atoms with Gasteiger partial charge in [0, 0.05) is 6.42 Å². The summed E-state index contributed by atoms with van der Waals surface area (Å²) >= 11 is 0. The molecule has 116 valence electrons. The van der Waals surface area contributed by atoms with Crippen LogP contribution in [-0.4, -0.2) is 22.6 Å². The second-order valence-electron chi connectivity index (χ2n) is 5.62. The van der Waals surface area contributed by atoms with Crippen molar-refractivity contribution in [2.24, 2.45) is 11.7 Å². The molecule has 2 atom stereocenters. The third-order valence-electron chi connectivity index (χ3n) is 4.05. The van der Waals surface area contributed by atoms with Crippen LogP contribution in [0.3, 0.4) is 0 Å². The van der Waals surface area contributed by atoms with Gasteiger partial charge >= 0.3 is 0 Å². The molecule has 0 unspecified atom stereocenters. The highest BCUT2D eigenvalue weighted by molar-refractivity contribution is 5.77. The number of benzene rings is 1. The molecular weight excluding hydrogens is 280 g/mol. The van der Waals surface area contributed by atoms with Crippen LogP contribution in [0.4, 0.5) is 0 Å². The monoisotopic (exact) mass is 300 g/mol. The summed E-state index contributed by atoms with van der Waals surface area (Å²) in [6.45, 7) is 0.740. The summed E-state index contributed by atoms with van der Waals surface area (Å²) in [7, 11) is 0. The molecule has 0 radical (unpaired) electrons. The number of carbonyl (C=O) groups is 1. The summed E-state index contributed by atoms with van der Waals surface area (Å²) in [6.07, 6.45) is 3.41. The molecule has 1 aliphatic heterocycles. The van der Waals surface area contributed by atoms with E-state index in [1.807, 2.05) is 18.2 Å². The Morgan fingerprint density at radius 3 is 2.91 bits per heavy atom. The standard InChI is InChI=1S/C16H20N4O2/c17-15(21)12-9-10-18-14(12)16-19-13(20-22-16)8-4-7-11-5-2-1-3-6-11/h1-3,5-6,12,14,18H,4,7-10H2,(H2,17,21)/t12-,14-/m0/s1. The number of aryl methyl sites for hydroxylation is 2. The first-order valence-corrected chi connectivity index (χ1v) is 7.63. The van der Waals surface area contributed by atoms with Crippen LogP contribution < -0.4 is 11.1 Å². The summed E-state index contributed by atoms with van der Waals surface area (Å²) in [5.41, 5.74) is 6.71. The molecule has 3 rings (SSSR count). The summed E-state index contributed by atoms with van der Waals surface area (Å²) in [6, 6.07) is 10.1. The lowest BCUT2D eigenvalue weighted by atomic mass is 10.0. The van der Waals surface area contributed by atoms with Crippen LogP contribution >= 0.6 is 0 Å². The van der Waals surface area contributed by atoms with Crippen LogP contribution in [0.15, 0.2) is 34.9 Å². The predicted molar refractivity (Wildman–Crippen MR) is 80.8 cm³/mol. The number of hydrogen-bond acceptors (Lipinski definition) is 5. The number of rotatable bonds is 6. The number of nitrogens with zero attached hydrogens (tertiary/aromatic N) is 2. The molecule has 1 aromatic carbocycles. The molecule has 22 heavy (non-hydrogen) atoms. The van der Waals surface area contributed by atoms with Gasteiger partial charge in [-0.15, -0.1) is 0 Å². The number of aromatic nitrogens is 2. The molecule has 1 fully saturated rings. The maximum Gasteiger partial charge on any atom is 0.244 e. The van der Waals surface area contributed by atoms with Crippen LogP contribution in [0.5, 0.6) is 0 Å². The van der Waals surface area contributed by atoms with Gasteiger partial charge in [-0.1, -0.05) is 35.5 Å². The van der Waals surface area contributed by atoms with E-state index in [2.05, 4.69) is 27.6 Å². The molecule has 6 heteroatoms. The Hall–Kier alpha value is -2.21. The van der Waals surface area contributed by atoms with Crippen molar-refractivity contribution in [2.75, 3.05) is 6.54 Å². The Morgan fingerprint density at radius 2 is 2.14 bits per heavy atom. The van der Waals surface area contributed by atoms with E-state index in [9.17, 15) is 4.79 Å². The van der Waals surface area contributed by atoms with E-state index in [-0.39, 0.29) is 17.9 Å². The summed E-state index contributed by atoms with van der Waals surface area (Å²) in [5, 5.41) is 7.21. The van der Waals surface area contributed by atoms with E-state index in [0.717, 1.165) is 25.8 Å². The SMILES string of the molecule is NC(=O)[C@H]1CCN[C@@H]1c1nc(CCCc2ccccc2)no1. The highest BCUT2D eigenvalue weighted by atomic mass is 16.5. The Labute approximate surface area is 129 Å². The highest BCUT2D eigenvalue weighted by Gasteiger charge is 2.36. The predicted octanol–water partition coefficient (Wildman–Crippen LogP) is 1.38. The molecule has 1 saturated heterocycles. The normalized spacial score (nSPS) is 21.1. The number of primary amides is 1. The summed E-state index contributed by atoms with van der Waals surface area (Å²) < 4.78 is 5.30. The van der Waals surface area contributed by atoms with Gasteiger partial charge in [-0.2, -0.15) is 4.98 Å². The van der Waals surface area contributed by atoms with Crippen molar-refractivity contribution in [1.82, 2.24) is 15.5 Å². The van der Waals surface area contributed by atoms with E-state index in [4.69, 9.17) is 10.3 Å². The highest BCUT2D eigenvalue weighted by Crippen LogP contribution is 2.28.